The average Bonchev–Trinajstić information content (AvgIpc) is 2.58. The van der Waals surface area contributed by atoms with Gasteiger partial charge in [-0.05, 0) is 13.8 Å². The van der Waals surface area contributed by atoms with Crippen LogP contribution in [0.4, 0.5) is 0 Å². The molecule has 1 aromatic heterocycles. The Bertz CT molecular complexity index is 955. The van der Waals surface area contributed by atoms with Gasteiger partial charge in [-0.2, -0.15) is 0 Å². The van der Waals surface area contributed by atoms with Gasteiger partial charge in [-0.15, -0.1) is 0 Å². The van der Waals surface area contributed by atoms with Gasteiger partial charge in [-0.25, -0.2) is 0 Å². The van der Waals surface area contributed by atoms with Crippen LogP contribution in [0.1, 0.15) is 11.1 Å². The second kappa shape index (κ2) is 5.35. The van der Waals surface area contributed by atoms with Gasteiger partial charge in [0.25, 0.3) is 0 Å². The van der Waals surface area contributed by atoms with E-state index in [0.29, 0.717) is 11.1 Å². The summed E-state index contributed by atoms with van der Waals surface area (Å²) >= 11 is 0. The summed E-state index contributed by atoms with van der Waals surface area (Å²) in [6.45, 7) is 3.17. The van der Waals surface area contributed by atoms with Crippen LogP contribution in [-0.2, 0) is 0 Å². The Hall–Kier alpha value is -2.95. The van der Waals surface area contributed by atoms with E-state index >= 15 is 0 Å². The van der Waals surface area contributed by atoms with E-state index in [-0.39, 0.29) is 39.5 Å². The van der Waals surface area contributed by atoms with Gasteiger partial charge in [0.2, 0.25) is 11.2 Å². The lowest BCUT2D eigenvalue weighted by molar-refractivity contribution is 0.396. The number of aryl methyl sites for hydroxylation is 1. The van der Waals surface area contributed by atoms with E-state index < -0.39 is 5.43 Å². The topological polar surface area (TPSA) is 79.9 Å². The van der Waals surface area contributed by atoms with Gasteiger partial charge in [0, 0.05) is 16.7 Å². The van der Waals surface area contributed by atoms with Gasteiger partial charge in [0.1, 0.15) is 22.5 Å². The Kier molecular flexibility index (Phi) is 3.48. The van der Waals surface area contributed by atoms with Crippen molar-refractivity contribution in [3.63, 3.8) is 0 Å². The molecule has 5 nitrogen and oxygen atoms in total. The van der Waals surface area contributed by atoms with Crippen molar-refractivity contribution >= 4 is 11.0 Å². The number of phenols is 2. The lowest BCUT2D eigenvalue weighted by Gasteiger charge is -2.13. The molecule has 0 spiro atoms. The summed E-state index contributed by atoms with van der Waals surface area (Å²) in [7, 11) is 1.38. The van der Waals surface area contributed by atoms with E-state index in [9.17, 15) is 15.0 Å². The molecule has 118 valence electrons. The summed E-state index contributed by atoms with van der Waals surface area (Å²) in [5.41, 5.74) is 0.970. The Labute approximate surface area is 132 Å². The molecule has 2 aromatic carbocycles. The van der Waals surface area contributed by atoms with Gasteiger partial charge >= 0.3 is 0 Å². The third-order valence-corrected chi connectivity index (χ3v) is 3.95. The van der Waals surface area contributed by atoms with Crippen molar-refractivity contribution in [2.45, 2.75) is 13.8 Å². The van der Waals surface area contributed by atoms with E-state index in [4.69, 9.17) is 9.15 Å². The monoisotopic (exact) mass is 312 g/mol. The lowest BCUT2D eigenvalue weighted by Crippen LogP contribution is -2.09. The quantitative estimate of drug-likeness (QED) is 0.757. The van der Waals surface area contributed by atoms with Gasteiger partial charge in [0.15, 0.2) is 5.76 Å². The normalized spacial score (nSPS) is 10.9. The fourth-order valence-electron chi connectivity index (χ4n) is 2.65. The minimum absolute atomic E-state index is 0.00864. The fourth-order valence-corrected chi connectivity index (χ4v) is 2.65. The summed E-state index contributed by atoms with van der Waals surface area (Å²) in [5, 5.41) is 20.4. The van der Waals surface area contributed by atoms with Crippen molar-refractivity contribution in [1.82, 2.24) is 0 Å². The number of hydrogen-bond acceptors (Lipinski definition) is 5. The third kappa shape index (κ3) is 2.12. The van der Waals surface area contributed by atoms with E-state index in [1.54, 1.807) is 19.1 Å². The first-order chi connectivity index (χ1) is 11.0. The van der Waals surface area contributed by atoms with Gasteiger partial charge in [-0.3, -0.25) is 4.79 Å². The highest BCUT2D eigenvalue weighted by Gasteiger charge is 2.23. The maximum atomic E-state index is 12.8. The summed E-state index contributed by atoms with van der Waals surface area (Å²) in [6.07, 6.45) is 0. The maximum absolute atomic E-state index is 12.8. The molecule has 23 heavy (non-hydrogen) atoms. The highest BCUT2D eigenvalue weighted by Crippen LogP contribution is 2.40. The van der Waals surface area contributed by atoms with Crippen LogP contribution in [0.3, 0.4) is 0 Å². The summed E-state index contributed by atoms with van der Waals surface area (Å²) in [5.74, 6) is -0.114. The number of fused-ring (bicyclic) bond motifs is 1. The third-order valence-electron chi connectivity index (χ3n) is 3.95. The molecule has 0 radical (unpaired) electrons. The van der Waals surface area contributed by atoms with Crippen LogP contribution in [0.5, 0.6) is 17.2 Å². The van der Waals surface area contributed by atoms with E-state index in [0.717, 1.165) is 0 Å². The minimum Gasteiger partial charge on any atom is -0.507 e. The SMILES string of the molecule is COc1c(-c2ccccc2)oc2c(C)c(O)c(C)c(O)c2c1=O. The predicted molar refractivity (Wildman–Crippen MR) is 87.3 cm³/mol. The standard InChI is InChI=1S/C18H16O5/c1-9-13(19)10(2)16-12(14(9)20)15(21)18(22-3)17(23-16)11-7-5-4-6-8-11/h4-8,19-20H,1-3H3. The Balaban J connectivity index is 2.53. The second-order valence-corrected chi connectivity index (χ2v) is 5.31. The van der Waals surface area contributed by atoms with E-state index in [2.05, 4.69) is 0 Å². The first kappa shape index (κ1) is 15.0. The number of hydrogen-bond donors (Lipinski definition) is 2. The van der Waals surface area contributed by atoms with Crippen molar-refractivity contribution in [1.29, 1.82) is 0 Å². The highest BCUT2D eigenvalue weighted by molar-refractivity contribution is 5.92. The van der Waals surface area contributed by atoms with Crippen LogP contribution < -0.4 is 10.2 Å². The zero-order valence-electron chi connectivity index (χ0n) is 13.0. The molecule has 0 atom stereocenters. The molecule has 0 aliphatic heterocycles. The molecule has 1 heterocycles. The average molecular weight is 312 g/mol. The molecule has 3 aromatic rings. The molecule has 0 saturated carbocycles. The van der Waals surface area contributed by atoms with Crippen LogP contribution in [0.2, 0.25) is 0 Å². The number of rotatable bonds is 2. The molecule has 0 bridgehead atoms. The molecule has 2 N–H and O–H groups in total. The molecule has 0 fully saturated rings. The van der Waals surface area contributed by atoms with Crippen molar-refractivity contribution in [3.05, 3.63) is 51.7 Å². The zero-order chi connectivity index (χ0) is 16.7. The zero-order valence-corrected chi connectivity index (χ0v) is 13.0. The number of phenolic OH excluding ortho intramolecular Hbond substituents is 2. The van der Waals surface area contributed by atoms with Crippen LogP contribution in [0.25, 0.3) is 22.3 Å². The molecule has 0 unspecified atom stereocenters. The smallest absolute Gasteiger partial charge is 0.239 e. The molecule has 0 aliphatic rings. The van der Waals surface area contributed by atoms with Crippen molar-refractivity contribution in [3.8, 4) is 28.6 Å². The van der Waals surface area contributed by atoms with E-state index in [1.807, 2.05) is 18.2 Å². The van der Waals surface area contributed by atoms with E-state index in [1.165, 1.54) is 14.0 Å². The Morgan fingerprint density at radius 1 is 1.00 bits per heavy atom. The predicted octanol–water partition coefficient (Wildman–Crippen LogP) is 3.50. The molecule has 0 saturated heterocycles. The largest absolute Gasteiger partial charge is 0.507 e. The van der Waals surface area contributed by atoms with Gasteiger partial charge < -0.3 is 19.4 Å². The van der Waals surface area contributed by atoms with Crippen molar-refractivity contribution in [2.75, 3.05) is 7.11 Å². The summed E-state index contributed by atoms with van der Waals surface area (Å²) in [4.78, 5) is 12.8. The number of benzene rings is 2. The Morgan fingerprint density at radius 3 is 2.26 bits per heavy atom. The summed E-state index contributed by atoms with van der Waals surface area (Å²) in [6, 6.07) is 9.05. The summed E-state index contributed by atoms with van der Waals surface area (Å²) < 4.78 is 11.1. The fraction of sp³-hybridized carbons (Fsp3) is 0.167. The molecular weight excluding hydrogens is 296 g/mol. The molecule has 3 rings (SSSR count). The van der Waals surface area contributed by atoms with Crippen LogP contribution in [0.15, 0.2) is 39.5 Å². The minimum atomic E-state index is -0.476. The van der Waals surface area contributed by atoms with Crippen molar-refractivity contribution in [2.24, 2.45) is 0 Å². The second-order valence-electron chi connectivity index (χ2n) is 5.31. The molecule has 0 amide bonds. The highest BCUT2D eigenvalue weighted by atomic mass is 16.5. The number of methoxy groups -OCH3 is 1. The van der Waals surface area contributed by atoms with Gasteiger partial charge in [0.05, 0.1) is 7.11 Å². The molecule has 0 aliphatic carbocycles. The number of aromatic hydroxyl groups is 2. The lowest BCUT2D eigenvalue weighted by atomic mass is 10.0. The number of ether oxygens (including phenoxy) is 1. The van der Waals surface area contributed by atoms with Crippen LogP contribution in [-0.4, -0.2) is 17.3 Å². The van der Waals surface area contributed by atoms with Crippen LogP contribution in [0, 0.1) is 13.8 Å². The molecule has 5 heteroatoms. The van der Waals surface area contributed by atoms with Crippen LogP contribution >= 0.6 is 0 Å². The first-order valence-electron chi connectivity index (χ1n) is 7.08. The maximum Gasteiger partial charge on any atom is 0.239 e. The van der Waals surface area contributed by atoms with Gasteiger partial charge in [-0.1, -0.05) is 30.3 Å². The molecular formula is C18H16O5. The Morgan fingerprint density at radius 2 is 1.65 bits per heavy atom. The van der Waals surface area contributed by atoms with Crippen molar-refractivity contribution < 1.29 is 19.4 Å². The first-order valence-corrected chi connectivity index (χ1v) is 7.08.